The molecule has 4 atom stereocenters. The second-order valence-corrected chi connectivity index (χ2v) is 7.91. The van der Waals surface area contributed by atoms with Crippen LogP contribution in [0.25, 0.3) is 0 Å². The monoisotopic (exact) mass is 392 g/mol. The van der Waals surface area contributed by atoms with Gasteiger partial charge in [-0.25, -0.2) is 0 Å². The topological polar surface area (TPSA) is 52.6 Å². The summed E-state index contributed by atoms with van der Waals surface area (Å²) in [5.41, 5.74) is 0. The van der Waals surface area contributed by atoms with E-state index in [-0.39, 0.29) is 11.9 Å². The maximum absolute atomic E-state index is 12.6. The van der Waals surface area contributed by atoms with E-state index in [1.807, 2.05) is 0 Å². The van der Waals surface area contributed by atoms with Gasteiger partial charge in [-0.1, -0.05) is 90.5 Å². The Morgan fingerprint density at radius 1 is 0.750 bits per heavy atom. The third-order valence-corrected chi connectivity index (χ3v) is 5.69. The van der Waals surface area contributed by atoms with E-state index in [9.17, 15) is 9.59 Å². The van der Waals surface area contributed by atoms with E-state index in [0.29, 0.717) is 25.0 Å². The smallest absolute Gasteiger partial charge is 0.314 e. The Bertz CT molecular complexity index is 463. The van der Waals surface area contributed by atoms with E-state index in [1.54, 1.807) is 24.3 Å². The van der Waals surface area contributed by atoms with Crippen molar-refractivity contribution in [2.45, 2.75) is 79.1 Å². The molecule has 1 rings (SSSR count). The Kier molecular flexibility index (Phi) is 12.6. The highest BCUT2D eigenvalue weighted by molar-refractivity contribution is 5.85. The minimum absolute atomic E-state index is 0.324. The second-order valence-electron chi connectivity index (χ2n) is 7.91. The van der Waals surface area contributed by atoms with Gasteiger partial charge in [0, 0.05) is 0 Å². The van der Waals surface area contributed by atoms with Gasteiger partial charge in [-0.3, -0.25) is 9.59 Å². The van der Waals surface area contributed by atoms with Gasteiger partial charge in [-0.15, -0.1) is 0 Å². The summed E-state index contributed by atoms with van der Waals surface area (Å²) in [7, 11) is 0. The van der Waals surface area contributed by atoms with Gasteiger partial charge < -0.3 is 9.47 Å². The fraction of sp³-hybridized carbons (Fsp3) is 0.750. The van der Waals surface area contributed by atoms with Crippen LogP contribution in [0.3, 0.4) is 0 Å². The zero-order valence-electron chi connectivity index (χ0n) is 18.3. The van der Waals surface area contributed by atoms with E-state index in [4.69, 9.17) is 9.47 Å². The van der Waals surface area contributed by atoms with Crippen molar-refractivity contribution in [2.75, 3.05) is 13.2 Å². The van der Waals surface area contributed by atoms with Crippen LogP contribution in [0, 0.1) is 23.7 Å². The number of allylic oxidation sites excluding steroid dienone is 2. The van der Waals surface area contributed by atoms with Crippen molar-refractivity contribution in [1.29, 1.82) is 0 Å². The molecule has 0 saturated carbocycles. The lowest BCUT2D eigenvalue weighted by molar-refractivity contribution is -0.158. The number of hydrogen-bond acceptors (Lipinski definition) is 4. The molecule has 4 heteroatoms. The molecule has 0 radical (unpaired) electrons. The molecule has 1 aliphatic rings. The maximum atomic E-state index is 12.6. The molecule has 0 bridgehead atoms. The largest absolute Gasteiger partial charge is 0.465 e. The van der Waals surface area contributed by atoms with Crippen LogP contribution in [0.2, 0.25) is 0 Å². The first-order chi connectivity index (χ1) is 13.6. The van der Waals surface area contributed by atoms with Crippen LogP contribution >= 0.6 is 0 Å². The second kappa shape index (κ2) is 14.4. The van der Waals surface area contributed by atoms with E-state index >= 15 is 0 Å². The molecule has 0 aromatic rings. The lowest BCUT2D eigenvalue weighted by Gasteiger charge is -2.24. The van der Waals surface area contributed by atoms with Crippen molar-refractivity contribution < 1.29 is 19.1 Å². The first-order valence-corrected chi connectivity index (χ1v) is 11.2. The maximum Gasteiger partial charge on any atom is 0.314 e. The minimum atomic E-state index is -0.586. The van der Waals surface area contributed by atoms with Gasteiger partial charge in [0.25, 0.3) is 0 Å². The summed E-state index contributed by atoms with van der Waals surface area (Å²) in [5, 5.41) is 0. The molecular formula is C24H40O4. The predicted octanol–water partition coefficient (Wildman–Crippen LogP) is 5.86. The fourth-order valence-corrected chi connectivity index (χ4v) is 3.45. The molecule has 0 fully saturated rings. The minimum Gasteiger partial charge on any atom is -0.465 e. The Morgan fingerprint density at radius 2 is 1.14 bits per heavy atom. The quantitative estimate of drug-likeness (QED) is 0.347. The van der Waals surface area contributed by atoms with Crippen LogP contribution in [-0.2, 0) is 19.1 Å². The lowest BCUT2D eigenvalue weighted by Crippen LogP contribution is -2.32. The molecule has 0 spiro atoms. The zero-order chi connectivity index (χ0) is 20.8. The van der Waals surface area contributed by atoms with Crippen LogP contribution in [0.5, 0.6) is 0 Å². The summed E-state index contributed by atoms with van der Waals surface area (Å²) in [5.74, 6) is -1.04. The van der Waals surface area contributed by atoms with Crippen LogP contribution in [0.1, 0.15) is 79.1 Å². The first-order valence-electron chi connectivity index (χ1n) is 11.2. The number of hydrogen-bond donors (Lipinski definition) is 0. The number of esters is 2. The molecule has 0 N–H and O–H groups in total. The third-order valence-electron chi connectivity index (χ3n) is 5.69. The molecule has 0 aromatic carbocycles. The molecule has 1 aliphatic carbocycles. The Balaban J connectivity index is 2.57. The molecule has 4 unspecified atom stereocenters. The number of carbonyl (C=O) groups excluding carboxylic acids is 2. The summed E-state index contributed by atoms with van der Waals surface area (Å²) >= 11 is 0. The highest BCUT2D eigenvalue weighted by Crippen LogP contribution is 2.24. The summed E-state index contributed by atoms with van der Waals surface area (Å²) in [6.45, 7) is 9.44. The standard InChI is InChI=1S/C24H40O4/c1-5-9-13-19(7-3)17-27-23(25)21-15-11-12-16-22(21)24(26)28-18-20(8-4)14-10-6-2/h11-12,15-16,19-22H,5-10,13-14,17-18H2,1-4H3. The average molecular weight is 393 g/mol. The number of carbonyl (C=O) groups is 2. The molecule has 0 amide bonds. The van der Waals surface area contributed by atoms with Gasteiger partial charge in [-0.05, 0) is 24.7 Å². The highest BCUT2D eigenvalue weighted by atomic mass is 16.5. The number of unbranched alkanes of at least 4 members (excludes halogenated alkanes) is 2. The summed E-state index contributed by atoms with van der Waals surface area (Å²) in [4.78, 5) is 25.3. The fourth-order valence-electron chi connectivity index (χ4n) is 3.45. The van der Waals surface area contributed by atoms with Crippen molar-refractivity contribution in [3.63, 3.8) is 0 Å². The van der Waals surface area contributed by atoms with Gasteiger partial charge in [0.15, 0.2) is 0 Å². The Hall–Kier alpha value is -1.58. The molecule has 0 saturated heterocycles. The van der Waals surface area contributed by atoms with Gasteiger partial charge in [-0.2, -0.15) is 0 Å². The van der Waals surface area contributed by atoms with Crippen molar-refractivity contribution in [3.05, 3.63) is 24.3 Å². The molecule has 0 heterocycles. The molecular weight excluding hydrogens is 352 g/mol. The van der Waals surface area contributed by atoms with Gasteiger partial charge in [0.1, 0.15) is 0 Å². The van der Waals surface area contributed by atoms with Crippen LogP contribution in [0.15, 0.2) is 24.3 Å². The van der Waals surface area contributed by atoms with Gasteiger partial charge in [0.2, 0.25) is 0 Å². The first kappa shape index (κ1) is 24.5. The Labute approximate surface area is 171 Å². The third kappa shape index (κ3) is 8.62. The van der Waals surface area contributed by atoms with E-state index in [1.165, 1.54) is 0 Å². The number of ether oxygens (including phenoxy) is 2. The summed E-state index contributed by atoms with van der Waals surface area (Å²) in [6, 6.07) is 0. The average Bonchev–Trinajstić information content (AvgIpc) is 2.73. The number of rotatable bonds is 14. The molecule has 0 aromatic heterocycles. The van der Waals surface area contributed by atoms with E-state index in [0.717, 1.165) is 51.4 Å². The molecule has 160 valence electrons. The summed E-state index contributed by atoms with van der Waals surface area (Å²) in [6.07, 6.45) is 15.8. The molecule has 4 nitrogen and oxygen atoms in total. The van der Waals surface area contributed by atoms with Gasteiger partial charge in [0.05, 0.1) is 25.0 Å². The normalized spacial score (nSPS) is 20.6. The van der Waals surface area contributed by atoms with Gasteiger partial charge >= 0.3 is 11.9 Å². The predicted molar refractivity (Wildman–Crippen MR) is 114 cm³/mol. The van der Waals surface area contributed by atoms with Crippen LogP contribution in [0.4, 0.5) is 0 Å². The van der Waals surface area contributed by atoms with Crippen LogP contribution < -0.4 is 0 Å². The summed E-state index contributed by atoms with van der Waals surface area (Å²) < 4.78 is 11.2. The molecule has 0 aliphatic heterocycles. The van der Waals surface area contributed by atoms with Crippen molar-refractivity contribution in [2.24, 2.45) is 23.7 Å². The van der Waals surface area contributed by atoms with Crippen molar-refractivity contribution >= 4 is 11.9 Å². The van der Waals surface area contributed by atoms with E-state index < -0.39 is 11.8 Å². The zero-order valence-corrected chi connectivity index (χ0v) is 18.3. The lowest BCUT2D eigenvalue weighted by atomic mass is 9.88. The van der Waals surface area contributed by atoms with E-state index in [2.05, 4.69) is 27.7 Å². The SMILES string of the molecule is CCCCC(CC)COC(=O)C1C=CC=CC1C(=O)OCC(CC)CCCC. The van der Waals surface area contributed by atoms with Crippen LogP contribution in [-0.4, -0.2) is 25.2 Å². The molecule has 28 heavy (non-hydrogen) atoms. The van der Waals surface area contributed by atoms with Crippen molar-refractivity contribution in [1.82, 2.24) is 0 Å². The Morgan fingerprint density at radius 3 is 1.46 bits per heavy atom. The highest BCUT2D eigenvalue weighted by Gasteiger charge is 2.34. The van der Waals surface area contributed by atoms with Crippen molar-refractivity contribution in [3.8, 4) is 0 Å².